The third-order valence-electron chi connectivity index (χ3n) is 2.54. The molecule has 1 atom stereocenters. The summed E-state index contributed by atoms with van der Waals surface area (Å²) in [5, 5.41) is 6.33. The first-order valence-electron chi connectivity index (χ1n) is 5.84. The highest BCUT2D eigenvalue weighted by atomic mass is 32.2. The molecule has 1 amide bonds. The predicted molar refractivity (Wildman–Crippen MR) is 70.9 cm³/mol. The van der Waals surface area contributed by atoms with Crippen LogP contribution in [0.25, 0.3) is 11.4 Å². The number of aromatic nitrogens is 3. The summed E-state index contributed by atoms with van der Waals surface area (Å²) in [6, 6.07) is 3.06. The zero-order valence-corrected chi connectivity index (χ0v) is 11.4. The van der Waals surface area contributed by atoms with Gasteiger partial charge in [0, 0.05) is 11.6 Å². The van der Waals surface area contributed by atoms with Crippen molar-refractivity contribution in [3.05, 3.63) is 29.8 Å². The monoisotopic (exact) mass is 298 g/mol. The van der Waals surface area contributed by atoms with Crippen molar-refractivity contribution >= 4 is 17.7 Å². The topological polar surface area (TPSA) is 84.7 Å². The third-order valence-corrected chi connectivity index (χ3v) is 3.78. The maximum absolute atomic E-state index is 13.1. The van der Waals surface area contributed by atoms with E-state index in [1.165, 1.54) is 0 Å². The molecule has 20 heavy (non-hydrogen) atoms. The first kappa shape index (κ1) is 14.4. The summed E-state index contributed by atoms with van der Waals surface area (Å²) < 4.78 is 26.2. The Labute approximate surface area is 118 Å². The molecule has 0 bridgehead atoms. The number of hydrogen-bond donors (Lipinski definition) is 2. The van der Waals surface area contributed by atoms with Gasteiger partial charge in [0.1, 0.15) is 11.6 Å². The molecular formula is C12H12F2N4OS. The average Bonchev–Trinajstić information content (AvgIpc) is 2.83. The van der Waals surface area contributed by atoms with Gasteiger partial charge in [-0.05, 0) is 18.6 Å². The number of rotatable bonds is 5. The Morgan fingerprint density at radius 2 is 2.05 bits per heavy atom. The largest absolute Gasteiger partial charge is 0.369 e. The van der Waals surface area contributed by atoms with Gasteiger partial charge in [-0.2, -0.15) is 0 Å². The van der Waals surface area contributed by atoms with Crippen molar-refractivity contribution in [2.75, 3.05) is 0 Å². The number of nitrogens with one attached hydrogen (secondary N) is 1. The standard InChI is InChI=1S/C12H12F2N4OS/c1-2-9(10(15)19)20-12-16-11(17-18-12)6-3-7(13)5-8(14)4-6/h3-5,9H,2H2,1H3,(H2,15,19)(H,16,17,18). The van der Waals surface area contributed by atoms with E-state index in [-0.39, 0.29) is 11.4 Å². The van der Waals surface area contributed by atoms with Gasteiger partial charge in [-0.1, -0.05) is 18.7 Å². The highest BCUT2D eigenvalue weighted by Crippen LogP contribution is 2.25. The highest BCUT2D eigenvalue weighted by Gasteiger charge is 2.18. The Kier molecular flexibility index (Phi) is 4.33. The summed E-state index contributed by atoms with van der Waals surface area (Å²) in [4.78, 5) is 15.2. The van der Waals surface area contributed by atoms with E-state index in [0.29, 0.717) is 11.6 Å². The number of primary amides is 1. The van der Waals surface area contributed by atoms with Crippen LogP contribution in [0.4, 0.5) is 8.78 Å². The number of nitrogens with two attached hydrogens (primary N) is 1. The molecule has 8 heteroatoms. The number of thioether (sulfide) groups is 1. The molecule has 1 aromatic carbocycles. The van der Waals surface area contributed by atoms with E-state index >= 15 is 0 Å². The van der Waals surface area contributed by atoms with Crippen molar-refractivity contribution in [3.63, 3.8) is 0 Å². The molecule has 5 nitrogen and oxygen atoms in total. The lowest BCUT2D eigenvalue weighted by atomic mass is 10.2. The summed E-state index contributed by atoms with van der Waals surface area (Å²) >= 11 is 1.11. The van der Waals surface area contributed by atoms with E-state index in [4.69, 9.17) is 5.73 Å². The van der Waals surface area contributed by atoms with Gasteiger partial charge in [0.15, 0.2) is 5.82 Å². The fraction of sp³-hybridized carbons (Fsp3) is 0.250. The molecule has 0 spiro atoms. The summed E-state index contributed by atoms with van der Waals surface area (Å²) in [6.07, 6.45) is 0.540. The molecule has 1 aromatic heterocycles. The van der Waals surface area contributed by atoms with Crippen molar-refractivity contribution in [2.24, 2.45) is 5.73 Å². The minimum absolute atomic E-state index is 0.227. The predicted octanol–water partition coefficient (Wildman–Crippen LogP) is 2.11. The van der Waals surface area contributed by atoms with Crippen LogP contribution in [0.5, 0.6) is 0 Å². The molecule has 0 saturated heterocycles. The van der Waals surface area contributed by atoms with E-state index in [1.807, 2.05) is 6.92 Å². The molecule has 0 aliphatic carbocycles. The van der Waals surface area contributed by atoms with Crippen molar-refractivity contribution in [1.82, 2.24) is 15.2 Å². The van der Waals surface area contributed by atoms with Gasteiger partial charge in [0.25, 0.3) is 0 Å². The SMILES string of the molecule is CCC(Sc1n[nH]c(-c2cc(F)cc(F)c2)n1)C(N)=O. The zero-order valence-electron chi connectivity index (χ0n) is 10.6. The van der Waals surface area contributed by atoms with Crippen LogP contribution < -0.4 is 5.73 Å². The minimum atomic E-state index is -0.700. The van der Waals surface area contributed by atoms with E-state index in [0.717, 1.165) is 30.0 Å². The number of carbonyl (C=O) groups is 1. The lowest BCUT2D eigenvalue weighted by molar-refractivity contribution is -0.117. The maximum Gasteiger partial charge on any atom is 0.231 e. The average molecular weight is 298 g/mol. The smallest absolute Gasteiger partial charge is 0.231 e. The van der Waals surface area contributed by atoms with Gasteiger partial charge in [0.05, 0.1) is 5.25 Å². The van der Waals surface area contributed by atoms with Crippen molar-refractivity contribution in [2.45, 2.75) is 23.8 Å². The maximum atomic E-state index is 13.1. The van der Waals surface area contributed by atoms with Gasteiger partial charge < -0.3 is 5.73 Å². The van der Waals surface area contributed by atoms with Crippen LogP contribution in [0, 0.1) is 11.6 Å². The quantitative estimate of drug-likeness (QED) is 0.828. The number of nitrogens with zero attached hydrogens (tertiary/aromatic N) is 2. The minimum Gasteiger partial charge on any atom is -0.369 e. The molecule has 0 radical (unpaired) electrons. The third kappa shape index (κ3) is 3.32. The second-order valence-corrected chi connectivity index (χ2v) is 5.21. The van der Waals surface area contributed by atoms with Crippen molar-refractivity contribution in [3.8, 4) is 11.4 Å². The second-order valence-electron chi connectivity index (χ2n) is 4.04. The summed E-state index contributed by atoms with van der Waals surface area (Å²) in [5.41, 5.74) is 5.47. The van der Waals surface area contributed by atoms with Gasteiger partial charge >= 0.3 is 0 Å². The first-order chi connectivity index (χ1) is 9.49. The molecule has 0 saturated carbocycles. The molecule has 2 rings (SSSR count). The van der Waals surface area contributed by atoms with Crippen molar-refractivity contribution < 1.29 is 13.6 Å². The normalized spacial score (nSPS) is 12.3. The molecule has 0 fully saturated rings. The summed E-state index contributed by atoms with van der Waals surface area (Å²) in [5.74, 6) is -1.63. The van der Waals surface area contributed by atoms with E-state index in [2.05, 4.69) is 15.2 Å². The number of H-pyrrole nitrogens is 1. The Balaban J connectivity index is 2.22. The Hall–Kier alpha value is -1.96. The van der Waals surface area contributed by atoms with Crippen molar-refractivity contribution in [1.29, 1.82) is 0 Å². The molecule has 1 heterocycles. The van der Waals surface area contributed by atoms with Gasteiger partial charge in [-0.25, -0.2) is 13.8 Å². The van der Waals surface area contributed by atoms with Gasteiger partial charge in [0.2, 0.25) is 11.1 Å². The van der Waals surface area contributed by atoms with E-state index in [1.54, 1.807) is 0 Å². The second kappa shape index (κ2) is 6.00. The van der Waals surface area contributed by atoms with Gasteiger partial charge in [-0.15, -0.1) is 5.10 Å². The molecule has 106 valence electrons. The van der Waals surface area contributed by atoms with E-state index < -0.39 is 22.8 Å². The molecule has 2 aromatic rings. The fourth-order valence-corrected chi connectivity index (χ4v) is 2.37. The van der Waals surface area contributed by atoms with Crippen LogP contribution in [0.3, 0.4) is 0 Å². The number of amides is 1. The molecular weight excluding hydrogens is 286 g/mol. The lowest BCUT2D eigenvalue weighted by Gasteiger charge is -2.05. The number of hydrogen-bond acceptors (Lipinski definition) is 4. The van der Waals surface area contributed by atoms with Crippen LogP contribution in [0.1, 0.15) is 13.3 Å². The van der Waals surface area contributed by atoms with Gasteiger partial charge in [-0.3, -0.25) is 9.89 Å². The van der Waals surface area contributed by atoms with Crippen LogP contribution in [0.15, 0.2) is 23.4 Å². The number of halogens is 2. The Morgan fingerprint density at radius 1 is 1.40 bits per heavy atom. The van der Waals surface area contributed by atoms with Crippen LogP contribution in [-0.2, 0) is 4.79 Å². The van der Waals surface area contributed by atoms with Crippen LogP contribution >= 0.6 is 11.8 Å². The fourth-order valence-electron chi connectivity index (χ4n) is 1.59. The number of benzene rings is 1. The molecule has 0 aliphatic heterocycles. The molecule has 0 aliphatic rings. The summed E-state index contributed by atoms with van der Waals surface area (Å²) in [7, 11) is 0. The highest BCUT2D eigenvalue weighted by molar-refractivity contribution is 8.00. The summed E-state index contributed by atoms with van der Waals surface area (Å²) in [6.45, 7) is 1.82. The molecule has 1 unspecified atom stereocenters. The van der Waals surface area contributed by atoms with Crippen LogP contribution in [-0.4, -0.2) is 26.3 Å². The Morgan fingerprint density at radius 3 is 2.60 bits per heavy atom. The zero-order chi connectivity index (χ0) is 14.7. The first-order valence-corrected chi connectivity index (χ1v) is 6.72. The molecule has 3 N–H and O–H groups in total. The number of carbonyl (C=O) groups excluding carboxylic acids is 1. The lowest BCUT2D eigenvalue weighted by Crippen LogP contribution is -2.24. The van der Waals surface area contributed by atoms with E-state index in [9.17, 15) is 13.6 Å². The number of aromatic amines is 1. The Bertz CT molecular complexity index is 611. The van der Waals surface area contributed by atoms with Crippen LogP contribution in [0.2, 0.25) is 0 Å².